The van der Waals surface area contributed by atoms with E-state index in [0.717, 1.165) is 16.8 Å². The molecule has 1 aliphatic heterocycles. The monoisotopic (exact) mass is 229 g/mol. The number of likely N-dealkylation sites (tertiary alicyclic amines) is 1. The maximum atomic E-state index is 11.8. The van der Waals surface area contributed by atoms with Gasteiger partial charge in [-0.2, -0.15) is 0 Å². The first kappa shape index (κ1) is 11.6. The van der Waals surface area contributed by atoms with Crippen molar-refractivity contribution in [1.29, 1.82) is 0 Å². The standard InChI is InChI=1S/C14H15NO2/c1-10(2)14(11-6-4-3-5-7-11)15-12(16)8-9-13(15)17/h3-7H,8-9H2,1-2H3. The fraction of sp³-hybridized carbons (Fsp3) is 0.286. The molecule has 0 N–H and O–H groups in total. The highest BCUT2D eigenvalue weighted by Gasteiger charge is 2.32. The summed E-state index contributed by atoms with van der Waals surface area (Å²) in [5.74, 6) is -0.204. The van der Waals surface area contributed by atoms with Crippen LogP contribution in [0.15, 0.2) is 35.9 Å². The Morgan fingerprint density at radius 2 is 1.53 bits per heavy atom. The molecule has 0 spiro atoms. The summed E-state index contributed by atoms with van der Waals surface area (Å²) in [6.07, 6.45) is 0.644. The number of nitrogens with zero attached hydrogens (tertiary/aromatic N) is 1. The minimum absolute atomic E-state index is 0.102. The molecule has 2 amide bonds. The fourth-order valence-corrected chi connectivity index (χ4v) is 2.06. The zero-order chi connectivity index (χ0) is 12.4. The zero-order valence-electron chi connectivity index (χ0n) is 10.1. The number of hydrogen-bond donors (Lipinski definition) is 0. The summed E-state index contributed by atoms with van der Waals surface area (Å²) in [5, 5.41) is 0. The summed E-state index contributed by atoms with van der Waals surface area (Å²) in [6, 6.07) is 9.56. The molecule has 0 aliphatic carbocycles. The van der Waals surface area contributed by atoms with Crippen LogP contribution in [0.25, 0.3) is 5.70 Å². The third kappa shape index (κ3) is 2.13. The van der Waals surface area contributed by atoms with E-state index >= 15 is 0 Å². The first-order valence-corrected chi connectivity index (χ1v) is 5.70. The number of carbonyl (C=O) groups excluding carboxylic acids is 2. The van der Waals surface area contributed by atoms with Gasteiger partial charge in [-0.1, -0.05) is 35.9 Å². The van der Waals surface area contributed by atoms with Crippen molar-refractivity contribution in [3.8, 4) is 0 Å². The Bertz CT molecular complexity index is 468. The van der Waals surface area contributed by atoms with Crippen LogP contribution in [0, 0.1) is 0 Å². The first-order valence-electron chi connectivity index (χ1n) is 5.70. The fourth-order valence-electron chi connectivity index (χ4n) is 2.06. The highest BCUT2D eigenvalue weighted by atomic mass is 16.2. The molecule has 1 aromatic rings. The SMILES string of the molecule is CC(C)=C(c1ccccc1)N1C(=O)CCC1=O. The maximum Gasteiger partial charge on any atom is 0.234 e. The summed E-state index contributed by atoms with van der Waals surface area (Å²) in [5.41, 5.74) is 2.62. The van der Waals surface area contributed by atoms with Crippen molar-refractivity contribution in [2.75, 3.05) is 0 Å². The van der Waals surface area contributed by atoms with Crippen LogP contribution >= 0.6 is 0 Å². The van der Waals surface area contributed by atoms with Crippen LogP contribution in [0.4, 0.5) is 0 Å². The van der Waals surface area contributed by atoms with Gasteiger partial charge in [-0.05, 0) is 19.4 Å². The van der Waals surface area contributed by atoms with E-state index in [0.29, 0.717) is 12.8 Å². The molecule has 0 atom stereocenters. The van der Waals surface area contributed by atoms with Gasteiger partial charge >= 0.3 is 0 Å². The Kier molecular flexibility index (Phi) is 3.09. The van der Waals surface area contributed by atoms with Gasteiger partial charge in [0.1, 0.15) is 0 Å². The highest BCUT2D eigenvalue weighted by Crippen LogP contribution is 2.28. The predicted molar refractivity (Wildman–Crippen MR) is 65.8 cm³/mol. The summed E-state index contributed by atoms with van der Waals surface area (Å²) in [7, 11) is 0. The second-order valence-corrected chi connectivity index (χ2v) is 4.34. The largest absolute Gasteiger partial charge is 0.274 e. The Morgan fingerprint density at radius 3 is 2.00 bits per heavy atom. The van der Waals surface area contributed by atoms with E-state index in [1.807, 2.05) is 44.2 Å². The topological polar surface area (TPSA) is 37.4 Å². The molecule has 88 valence electrons. The molecule has 17 heavy (non-hydrogen) atoms. The van der Waals surface area contributed by atoms with Crippen LogP contribution in [-0.4, -0.2) is 16.7 Å². The second-order valence-electron chi connectivity index (χ2n) is 4.34. The lowest BCUT2D eigenvalue weighted by Gasteiger charge is -2.20. The van der Waals surface area contributed by atoms with E-state index in [4.69, 9.17) is 0 Å². The van der Waals surface area contributed by atoms with Gasteiger partial charge in [0.05, 0.1) is 5.70 Å². The number of hydrogen-bond acceptors (Lipinski definition) is 2. The first-order chi connectivity index (χ1) is 8.11. The van der Waals surface area contributed by atoms with Gasteiger partial charge < -0.3 is 0 Å². The van der Waals surface area contributed by atoms with Gasteiger partial charge in [-0.25, -0.2) is 0 Å². The van der Waals surface area contributed by atoms with Crippen molar-refractivity contribution < 1.29 is 9.59 Å². The van der Waals surface area contributed by atoms with Crippen LogP contribution in [-0.2, 0) is 9.59 Å². The zero-order valence-corrected chi connectivity index (χ0v) is 10.1. The van der Waals surface area contributed by atoms with Crippen LogP contribution in [0.1, 0.15) is 32.3 Å². The minimum Gasteiger partial charge on any atom is -0.274 e. The van der Waals surface area contributed by atoms with Crippen molar-refractivity contribution >= 4 is 17.5 Å². The third-order valence-electron chi connectivity index (χ3n) is 2.80. The molecule has 0 saturated carbocycles. The lowest BCUT2D eigenvalue weighted by atomic mass is 10.1. The molecular formula is C14H15NO2. The van der Waals surface area contributed by atoms with Crippen molar-refractivity contribution in [2.45, 2.75) is 26.7 Å². The highest BCUT2D eigenvalue weighted by molar-refractivity contribution is 6.09. The molecule has 0 aromatic heterocycles. The van der Waals surface area contributed by atoms with Gasteiger partial charge in [0.15, 0.2) is 0 Å². The van der Waals surface area contributed by atoms with E-state index in [1.165, 1.54) is 4.90 Å². The lowest BCUT2D eigenvalue weighted by molar-refractivity contribution is -0.134. The molecule has 0 bridgehead atoms. The van der Waals surface area contributed by atoms with Gasteiger partial charge in [-0.3, -0.25) is 14.5 Å². The molecule has 0 radical (unpaired) electrons. The van der Waals surface area contributed by atoms with E-state index in [2.05, 4.69) is 0 Å². The molecule has 1 fully saturated rings. The molecule has 3 nitrogen and oxygen atoms in total. The molecule has 0 unspecified atom stereocenters. The van der Waals surface area contributed by atoms with Crippen LogP contribution in [0.3, 0.4) is 0 Å². The van der Waals surface area contributed by atoms with E-state index in [-0.39, 0.29) is 11.8 Å². The third-order valence-corrected chi connectivity index (χ3v) is 2.80. The molecule has 1 saturated heterocycles. The smallest absolute Gasteiger partial charge is 0.234 e. The van der Waals surface area contributed by atoms with Crippen LogP contribution in [0.2, 0.25) is 0 Å². The number of carbonyl (C=O) groups is 2. The normalized spacial score (nSPS) is 15.3. The molecule has 1 heterocycles. The van der Waals surface area contributed by atoms with Gasteiger partial charge in [-0.15, -0.1) is 0 Å². The molecule has 3 heteroatoms. The van der Waals surface area contributed by atoms with E-state index < -0.39 is 0 Å². The maximum absolute atomic E-state index is 11.8. The van der Waals surface area contributed by atoms with Crippen molar-refractivity contribution in [1.82, 2.24) is 4.90 Å². The van der Waals surface area contributed by atoms with Gasteiger partial charge in [0, 0.05) is 12.8 Å². The number of rotatable bonds is 2. The number of allylic oxidation sites excluding steroid dienone is 1. The number of amides is 2. The number of imide groups is 1. The molecular weight excluding hydrogens is 214 g/mol. The van der Waals surface area contributed by atoms with Gasteiger partial charge in [0.2, 0.25) is 11.8 Å². The molecule has 1 aromatic carbocycles. The Balaban J connectivity index is 2.49. The van der Waals surface area contributed by atoms with E-state index in [9.17, 15) is 9.59 Å². The quantitative estimate of drug-likeness (QED) is 0.731. The Hall–Kier alpha value is -1.90. The van der Waals surface area contributed by atoms with Crippen LogP contribution < -0.4 is 0 Å². The van der Waals surface area contributed by atoms with Crippen LogP contribution in [0.5, 0.6) is 0 Å². The summed E-state index contributed by atoms with van der Waals surface area (Å²) >= 11 is 0. The summed E-state index contributed by atoms with van der Waals surface area (Å²) in [6.45, 7) is 3.84. The molecule has 1 aliphatic rings. The van der Waals surface area contributed by atoms with Crippen molar-refractivity contribution in [2.24, 2.45) is 0 Å². The lowest BCUT2D eigenvalue weighted by Crippen LogP contribution is -2.28. The van der Waals surface area contributed by atoms with E-state index in [1.54, 1.807) is 0 Å². The number of benzene rings is 1. The van der Waals surface area contributed by atoms with Crippen molar-refractivity contribution in [3.05, 3.63) is 41.5 Å². The van der Waals surface area contributed by atoms with Crippen molar-refractivity contribution in [3.63, 3.8) is 0 Å². The average molecular weight is 229 g/mol. The predicted octanol–water partition coefficient (Wildman–Crippen LogP) is 2.59. The Morgan fingerprint density at radius 1 is 1.00 bits per heavy atom. The summed E-state index contributed by atoms with van der Waals surface area (Å²) < 4.78 is 0. The molecule has 2 rings (SSSR count). The minimum atomic E-state index is -0.102. The average Bonchev–Trinajstić information content (AvgIpc) is 2.62. The van der Waals surface area contributed by atoms with Gasteiger partial charge in [0.25, 0.3) is 0 Å². The Labute approximate surface area is 101 Å². The summed E-state index contributed by atoms with van der Waals surface area (Å²) in [4.78, 5) is 24.9. The second kappa shape index (κ2) is 4.53.